The van der Waals surface area contributed by atoms with E-state index in [-0.39, 0.29) is 11.6 Å². The Hall–Kier alpha value is -2.23. The predicted molar refractivity (Wildman–Crippen MR) is 82.9 cm³/mol. The fourth-order valence-electron chi connectivity index (χ4n) is 1.75. The normalized spacial score (nSPS) is 11.2. The Morgan fingerprint density at radius 2 is 2.09 bits per heavy atom. The first kappa shape index (κ1) is 17.1. The topological polar surface area (TPSA) is 111 Å². The highest BCUT2D eigenvalue weighted by Crippen LogP contribution is 2.27. The molecule has 10 heteroatoms. The molecule has 0 aliphatic heterocycles. The van der Waals surface area contributed by atoms with Gasteiger partial charge in [-0.05, 0) is 17.7 Å². The van der Waals surface area contributed by atoms with Gasteiger partial charge in [-0.2, -0.15) is 0 Å². The second-order valence-electron chi connectivity index (χ2n) is 4.40. The van der Waals surface area contributed by atoms with Crippen molar-refractivity contribution < 1.29 is 18.1 Å². The fraction of sp³-hybridized carbons (Fsp3) is 0.154. The highest BCUT2D eigenvalue weighted by molar-refractivity contribution is 7.89. The van der Waals surface area contributed by atoms with Gasteiger partial charge in [-0.15, -0.1) is 0 Å². The Morgan fingerprint density at radius 1 is 1.35 bits per heavy atom. The number of benzene rings is 1. The summed E-state index contributed by atoms with van der Waals surface area (Å²) in [4.78, 5) is 13.7. The molecular weight excluding hydrogens is 346 g/mol. The molecule has 8 nitrogen and oxygen atoms in total. The third kappa shape index (κ3) is 4.15. The Morgan fingerprint density at radius 3 is 2.65 bits per heavy atom. The fourth-order valence-corrected chi connectivity index (χ4v) is 3.09. The monoisotopic (exact) mass is 357 g/mol. The molecule has 2 aromatic rings. The van der Waals surface area contributed by atoms with Crippen LogP contribution < -0.4 is 9.46 Å². The Bertz CT molecular complexity index is 824. The van der Waals surface area contributed by atoms with E-state index in [2.05, 4.69) is 9.71 Å². The minimum absolute atomic E-state index is 0.0703. The predicted octanol–water partition coefficient (Wildman–Crippen LogP) is 2.13. The third-order valence-electron chi connectivity index (χ3n) is 2.88. The van der Waals surface area contributed by atoms with E-state index >= 15 is 0 Å². The number of rotatable bonds is 6. The van der Waals surface area contributed by atoms with Crippen LogP contribution in [0.15, 0.2) is 41.4 Å². The zero-order valence-electron chi connectivity index (χ0n) is 11.9. The van der Waals surface area contributed by atoms with Gasteiger partial charge in [0.1, 0.15) is 0 Å². The van der Waals surface area contributed by atoms with Crippen molar-refractivity contribution in [3.8, 4) is 5.88 Å². The van der Waals surface area contributed by atoms with Gasteiger partial charge in [0.25, 0.3) is 5.69 Å². The maximum Gasteiger partial charge on any atom is 0.290 e. The first-order valence-corrected chi connectivity index (χ1v) is 8.12. The molecule has 0 fully saturated rings. The van der Waals surface area contributed by atoms with E-state index in [1.54, 1.807) is 12.1 Å². The maximum absolute atomic E-state index is 12.3. The molecule has 1 aromatic heterocycles. The van der Waals surface area contributed by atoms with Gasteiger partial charge in [0, 0.05) is 29.9 Å². The number of hydrogen-bond donors (Lipinski definition) is 1. The lowest BCUT2D eigenvalue weighted by Gasteiger charge is -2.08. The molecule has 2 rings (SSSR count). The lowest BCUT2D eigenvalue weighted by Crippen LogP contribution is -2.24. The smallest absolute Gasteiger partial charge is 0.290 e. The quantitative estimate of drug-likeness (QED) is 0.626. The number of nitro groups is 1. The number of nitro benzene ring substituents is 1. The molecule has 0 aliphatic carbocycles. The molecule has 0 amide bonds. The summed E-state index contributed by atoms with van der Waals surface area (Å²) >= 11 is 5.67. The van der Waals surface area contributed by atoms with E-state index in [0.717, 1.165) is 12.1 Å². The number of methoxy groups -OCH3 is 1. The van der Waals surface area contributed by atoms with Crippen molar-refractivity contribution in [3.05, 3.63) is 57.2 Å². The van der Waals surface area contributed by atoms with Crippen molar-refractivity contribution in [1.29, 1.82) is 0 Å². The van der Waals surface area contributed by atoms with E-state index in [4.69, 9.17) is 16.3 Å². The van der Waals surface area contributed by atoms with Crippen LogP contribution >= 0.6 is 11.6 Å². The number of pyridine rings is 1. The van der Waals surface area contributed by atoms with Crippen molar-refractivity contribution in [2.75, 3.05) is 7.11 Å². The van der Waals surface area contributed by atoms with Crippen molar-refractivity contribution >= 4 is 27.3 Å². The Labute approximate surface area is 137 Å². The molecule has 1 aromatic carbocycles. The SMILES string of the molecule is COc1ccc(CNS(=O)(=O)c2ccc(Cl)cc2[N+](=O)[O-])cn1. The molecule has 0 radical (unpaired) electrons. The number of sulfonamides is 1. The average Bonchev–Trinajstić information content (AvgIpc) is 2.53. The van der Waals surface area contributed by atoms with Crippen LogP contribution in [-0.2, 0) is 16.6 Å². The zero-order chi connectivity index (χ0) is 17.0. The summed E-state index contributed by atoms with van der Waals surface area (Å²) in [7, 11) is -2.61. The largest absolute Gasteiger partial charge is 0.481 e. The Kier molecular flexibility index (Phi) is 5.14. The molecule has 0 atom stereocenters. The number of halogens is 1. The first-order chi connectivity index (χ1) is 10.8. The maximum atomic E-state index is 12.3. The lowest BCUT2D eigenvalue weighted by atomic mass is 10.3. The Balaban J connectivity index is 2.23. The molecule has 1 N–H and O–H groups in total. The third-order valence-corrected chi connectivity index (χ3v) is 4.56. The van der Waals surface area contributed by atoms with Crippen LogP contribution in [0.2, 0.25) is 5.02 Å². The summed E-state index contributed by atoms with van der Waals surface area (Å²) in [5.74, 6) is 0.393. The van der Waals surface area contributed by atoms with Crippen LogP contribution in [0.25, 0.3) is 0 Å². The second-order valence-corrected chi connectivity index (χ2v) is 6.57. The van der Waals surface area contributed by atoms with Crippen LogP contribution in [0, 0.1) is 10.1 Å². The summed E-state index contributed by atoms with van der Waals surface area (Å²) in [6.07, 6.45) is 1.44. The highest BCUT2D eigenvalue weighted by atomic mass is 35.5. The van der Waals surface area contributed by atoms with Crippen molar-refractivity contribution in [2.24, 2.45) is 0 Å². The average molecular weight is 358 g/mol. The molecule has 23 heavy (non-hydrogen) atoms. The molecule has 0 saturated heterocycles. The number of hydrogen-bond acceptors (Lipinski definition) is 6. The molecule has 0 saturated carbocycles. The van der Waals surface area contributed by atoms with Crippen molar-refractivity contribution in [3.63, 3.8) is 0 Å². The first-order valence-electron chi connectivity index (χ1n) is 6.26. The van der Waals surface area contributed by atoms with Crippen LogP contribution in [0.3, 0.4) is 0 Å². The number of nitrogens with zero attached hydrogens (tertiary/aromatic N) is 2. The van der Waals surface area contributed by atoms with E-state index in [9.17, 15) is 18.5 Å². The molecule has 0 bridgehead atoms. The summed E-state index contributed by atoms with van der Waals surface area (Å²) in [5.41, 5.74) is -0.0103. The van der Waals surface area contributed by atoms with Gasteiger partial charge >= 0.3 is 0 Å². The minimum atomic E-state index is -4.08. The van der Waals surface area contributed by atoms with Gasteiger partial charge in [-0.25, -0.2) is 18.1 Å². The van der Waals surface area contributed by atoms with Crippen LogP contribution in [-0.4, -0.2) is 25.4 Å². The van der Waals surface area contributed by atoms with Gasteiger partial charge in [-0.3, -0.25) is 10.1 Å². The van der Waals surface area contributed by atoms with Crippen molar-refractivity contribution in [2.45, 2.75) is 11.4 Å². The molecule has 0 spiro atoms. The minimum Gasteiger partial charge on any atom is -0.481 e. The van der Waals surface area contributed by atoms with Crippen LogP contribution in [0.1, 0.15) is 5.56 Å². The van der Waals surface area contributed by atoms with E-state index in [1.165, 1.54) is 19.4 Å². The van der Waals surface area contributed by atoms with E-state index in [1.807, 2.05) is 0 Å². The van der Waals surface area contributed by atoms with Crippen LogP contribution in [0.4, 0.5) is 5.69 Å². The lowest BCUT2D eigenvalue weighted by molar-refractivity contribution is -0.387. The molecule has 1 heterocycles. The molecular formula is C13H12ClN3O5S. The summed E-state index contributed by atoms with van der Waals surface area (Å²) in [5, 5.41) is 11.1. The van der Waals surface area contributed by atoms with E-state index in [0.29, 0.717) is 11.4 Å². The highest BCUT2D eigenvalue weighted by Gasteiger charge is 2.25. The summed E-state index contributed by atoms with van der Waals surface area (Å²) in [6, 6.07) is 6.57. The van der Waals surface area contributed by atoms with Gasteiger partial charge in [0.15, 0.2) is 4.90 Å². The van der Waals surface area contributed by atoms with Crippen molar-refractivity contribution in [1.82, 2.24) is 9.71 Å². The molecule has 122 valence electrons. The number of nitrogens with one attached hydrogen (secondary N) is 1. The van der Waals surface area contributed by atoms with Gasteiger partial charge in [-0.1, -0.05) is 17.7 Å². The molecule has 0 aliphatic rings. The summed E-state index contributed by atoms with van der Waals surface area (Å²) < 4.78 is 31.7. The molecule has 0 unspecified atom stereocenters. The zero-order valence-corrected chi connectivity index (χ0v) is 13.5. The number of aromatic nitrogens is 1. The van der Waals surface area contributed by atoms with Gasteiger partial charge in [0.05, 0.1) is 12.0 Å². The van der Waals surface area contributed by atoms with Gasteiger partial charge < -0.3 is 4.74 Å². The van der Waals surface area contributed by atoms with Crippen LogP contribution in [0.5, 0.6) is 5.88 Å². The van der Waals surface area contributed by atoms with E-state index < -0.39 is 25.5 Å². The summed E-state index contributed by atoms with van der Waals surface area (Å²) in [6.45, 7) is -0.0703. The van der Waals surface area contributed by atoms with Gasteiger partial charge in [0.2, 0.25) is 15.9 Å². The standard InChI is InChI=1S/C13H12ClN3O5S/c1-22-13-5-2-9(7-15-13)8-16-23(20,21)12-4-3-10(14)6-11(12)17(18)19/h2-7,16H,8H2,1H3. The number of ether oxygens (including phenoxy) is 1. The second kappa shape index (κ2) is 6.90.